The summed E-state index contributed by atoms with van der Waals surface area (Å²) in [4.78, 5) is 24.9. The Morgan fingerprint density at radius 3 is 2.23 bits per heavy atom. The van der Waals surface area contributed by atoms with Crippen LogP contribution in [0.2, 0.25) is 0 Å². The average molecular weight is 521 g/mol. The van der Waals surface area contributed by atoms with Crippen molar-refractivity contribution < 1.29 is 0 Å². The van der Waals surface area contributed by atoms with Crippen LogP contribution in [0.1, 0.15) is 37.0 Å². The van der Waals surface area contributed by atoms with Crippen molar-refractivity contribution in [2.75, 3.05) is 0 Å². The fraction of sp³-hybridized carbons (Fsp3) is 0.147. The Hall–Kier alpha value is -4.97. The van der Waals surface area contributed by atoms with E-state index in [0.29, 0.717) is 17.3 Å². The van der Waals surface area contributed by atoms with Crippen molar-refractivity contribution in [3.8, 4) is 34.0 Å². The van der Waals surface area contributed by atoms with Crippen LogP contribution in [0, 0.1) is 12.8 Å². The van der Waals surface area contributed by atoms with Gasteiger partial charge in [-0.05, 0) is 61.7 Å². The van der Waals surface area contributed by atoms with Crippen LogP contribution in [0.4, 0.5) is 0 Å². The van der Waals surface area contributed by atoms with Gasteiger partial charge < -0.3 is 4.57 Å². The third kappa shape index (κ3) is 4.18. The molecule has 1 aliphatic heterocycles. The van der Waals surface area contributed by atoms with E-state index in [-0.39, 0.29) is 6.04 Å². The van der Waals surface area contributed by atoms with Crippen LogP contribution in [0.15, 0.2) is 103 Å². The van der Waals surface area contributed by atoms with Gasteiger partial charge in [0.2, 0.25) is 0 Å². The highest BCUT2D eigenvalue weighted by atomic mass is 15.1. The Bertz CT molecular complexity index is 1890. The second-order valence-corrected chi connectivity index (χ2v) is 10.4. The van der Waals surface area contributed by atoms with E-state index in [1.807, 2.05) is 54.6 Å². The molecule has 194 valence electrons. The van der Waals surface area contributed by atoms with Crippen molar-refractivity contribution >= 4 is 16.6 Å². The third-order valence-corrected chi connectivity index (χ3v) is 7.67. The molecule has 0 saturated carbocycles. The maximum atomic E-state index is 5.17. The number of allylic oxidation sites excluding steroid dienone is 1. The number of rotatable bonds is 4. The van der Waals surface area contributed by atoms with Crippen LogP contribution in [-0.2, 0) is 0 Å². The number of fused-ring (bicyclic) bond motifs is 2. The molecule has 2 aromatic carbocycles. The second kappa shape index (κ2) is 9.65. The molecule has 6 heteroatoms. The summed E-state index contributed by atoms with van der Waals surface area (Å²) in [7, 11) is 0. The summed E-state index contributed by atoms with van der Waals surface area (Å²) in [5.74, 6) is 1.25. The number of imidazole rings is 1. The van der Waals surface area contributed by atoms with Gasteiger partial charge in [0.05, 0.1) is 33.8 Å². The molecule has 1 aliphatic rings. The normalized spacial score (nSPS) is 16.5. The first-order chi connectivity index (χ1) is 19.5. The smallest absolute Gasteiger partial charge is 0.142 e. The fourth-order valence-electron chi connectivity index (χ4n) is 5.32. The van der Waals surface area contributed by atoms with E-state index < -0.39 is 0 Å². The summed E-state index contributed by atoms with van der Waals surface area (Å²) in [6.45, 7) is 6.55. The maximum absolute atomic E-state index is 5.17. The molecule has 0 N–H and O–H groups in total. The number of benzene rings is 2. The minimum Gasteiger partial charge on any atom is -0.327 e. The lowest BCUT2D eigenvalue weighted by Crippen LogP contribution is -2.20. The van der Waals surface area contributed by atoms with E-state index in [4.69, 9.17) is 19.9 Å². The molecule has 0 aliphatic carbocycles. The standard InChI is InChI=1S/C34H28N6/c1-21-15-16-27-30(18-21)38-33(32(37-27)28-12-7-8-17-35-28)29-14-9-13-26(36-29)25-19-22(2)23(3)40-20-31(39-34(25)40)24-10-5-4-6-11-24/h4-20,22-23H,1-3H3. The Morgan fingerprint density at radius 1 is 0.650 bits per heavy atom. The zero-order valence-electron chi connectivity index (χ0n) is 22.7. The zero-order chi connectivity index (χ0) is 27.2. The lowest BCUT2D eigenvalue weighted by Gasteiger charge is -2.27. The molecule has 2 atom stereocenters. The molecule has 6 aromatic rings. The minimum atomic E-state index is 0.289. The van der Waals surface area contributed by atoms with Crippen molar-refractivity contribution in [1.82, 2.24) is 29.5 Å². The van der Waals surface area contributed by atoms with Crippen molar-refractivity contribution in [3.63, 3.8) is 0 Å². The van der Waals surface area contributed by atoms with Crippen LogP contribution >= 0.6 is 0 Å². The molecule has 7 rings (SSSR count). The van der Waals surface area contributed by atoms with Crippen LogP contribution in [0.25, 0.3) is 50.6 Å². The predicted molar refractivity (Wildman–Crippen MR) is 159 cm³/mol. The zero-order valence-corrected chi connectivity index (χ0v) is 22.7. The highest BCUT2D eigenvalue weighted by molar-refractivity contribution is 5.85. The second-order valence-electron chi connectivity index (χ2n) is 10.4. The van der Waals surface area contributed by atoms with Gasteiger partial charge in [-0.15, -0.1) is 0 Å². The summed E-state index contributed by atoms with van der Waals surface area (Å²) in [5, 5.41) is 0. The molecular weight excluding hydrogens is 492 g/mol. The minimum absolute atomic E-state index is 0.289. The highest BCUT2D eigenvalue weighted by Crippen LogP contribution is 2.38. The Labute approximate surface area is 233 Å². The van der Waals surface area contributed by atoms with E-state index >= 15 is 0 Å². The first kappa shape index (κ1) is 24.1. The lowest BCUT2D eigenvalue weighted by molar-refractivity contribution is 0.430. The van der Waals surface area contributed by atoms with Gasteiger partial charge in [0.1, 0.15) is 17.2 Å². The highest BCUT2D eigenvalue weighted by Gasteiger charge is 2.27. The number of hydrogen-bond donors (Lipinski definition) is 0. The van der Waals surface area contributed by atoms with Gasteiger partial charge >= 0.3 is 0 Å². The topological polar surface area (TPSA) is 69.4 Å². The molecule has 0 bridgehead atoms. The molecule has 0 amide bonds. The SMILES string of the molecule is Cc1ccc2nc(-c3ccccn3)c(-c3cccc(C4=CC(C)C(C)n5cc(-c6ccccc6)nc54)n3)nc2c1. The van der Waals surface area contributed by atoms with Crippen molar-refractivity contribution in [1.29, 1.82) is 0 Å². The summed E-state index contributed by atoms with van der Waals surface area (Å²) in [6.07, 6.45) is 6.24. The molecule has 4 aromatic heterocycles. The van der Waals surface area contributed by atoms with Gasteiger partial charge in [-0.2, -0.15) is 0 Å². The fourth-order valence-corrected chi connectivity index (χ4v) is 5.32. The summed E-state index contributed by atoms with van der Waals surface area (Å²) < 4.78 is 2.29. The van der Waals surface area contributed by atoms with E-state index in [1.165, 1.54) is 0 Å². The quantitative estimate of drug-likeness (QED) is 0.240. The van der Waals surface area contributed by atoms with Crippen molar-refractivity contribution in [2.45, 2.75) is 26.8 Å². The van der Waals surface area contributed by atoms with E-state index in [0.717, 1.165) is 56.3 Å². The van der Waals surface area contributed by atoms with Gasteiger partial charge in [0.25, 0.3) is 0 Å². The molecule has 5 heterocycles. The van der Waals surface area contributed by atoms with Crippen molar-refractivity contribution in [3.05, 3.63) is 120 Å². The summed E-state index contributed by atoms with van der Waals surface area (Å²) >= 11 is 0. The largest absolute Gasteiger partial charge is 0.327 e. The number of hydrogen-bond acceptors (Lipinski definition) is 5. The number of aryl methyl sites for hydroxylation is 1. The monoisotopic (exact) mass is 520 g/mol. The Morgan fingerprint density at radius 2 is 1.40 bits per heavy atom. The molecule has 40 heavy (non-hydrogen) atoms. The number of aromatic nitrogens is 6. The molecule has 0 saturated heterocycles. The summed E-state index contributed by atoms with van der Waals surface area (Å²) in [5.41, 5.74) is 9.71. The number of pyridine rings is 2. The first-order valence-corrected chi connectivity index (χ1v) is 13.6. The number of nitrogens with zero attached hydrogens (tertiary/aromatic N) is 6. The maximum Gasteiger partial charge on any atom is 0.142 e. The van der Waals surface area contributed by atoms with E-state index in [9.17, 15) is 0 Å². The third-order valence-electron chi connectivity index (χ3n) is 7.67. The van der Waals surface area contributed by atoms with Gasteiger partial charge in [-0.25, -0.2) is 19.9 Å². The van der Waals surface area contributed by atoms with Crippen LogP contribution in [0.5, 0.6) is 0 Å². The molecule has 0 radical (unpaired) electrons. The lowest BCUT2D eigenvalue weighted by atomic mass is 9.94. The Balaban J connectivity index is 1.39. The summed E-state index contributed by atoms with van der Waals surface area (Å²) in [6, 6.07) is 28.7. The predicted octanol–water partition coefficient (Wildman–Crippen LogP) is 7.57. The van der Waals surface area contributed by atoms with Gasteiger partial charge in [-0.3, -0.25) is 4.98 Å². The van der Waals surface area contributed by atoms with Gasteiger partial charge in [-0.1, -0.05) is 61.5 Å². The Kier molecular flexibility index (Phi) is 5.81. The van der Waals surface area contributed by atoms with Crippen LogP contribution in [0.3, 0.4) is 0 Å². The van der Waals surface area contributed by atoms with Gasteiger partial charge in [0, 0.05) is 29.6 Å². The molecule has 6 nitrogen and oxygen atoms in total. The molecule has 2 unspecified atom stereocenters. The van der Waals surface area contributed by atoms with E-state index in [2.05, 4.69) is 72.9 Å². The molecule has 0 fully saturated rings. The van der Waals surface area contributed by atoms with E-state index in [1.54, 1.807) is 6.20 Å². The average Bonchev–Trinajstić information content (AvgIpc) is 3.45. The van der Waals surface area contributed by atoms with Crippen LogP contribution < -0.4 is 0 Å². The first-order valence-electron chi connectivity index (χ1n) is 13.6. The molecule has 0 spiro atoms. The molecular formula is C34H28N6. The van der Waals surface area contributed by atoms with Crippen molar-refractivity contribution in [2.24, 2.45) is 5.92 Å². The van der Waals surface area contributed by atoms with Gasteiger partial charge in [0.15, 0.2) is 0 Å². The van der Waals surface area contributed by atoms with Crippen LogP contribution in [-0.4, -0.2) is 29.5 Å².